The molecule has 0 aliphatic rings. The molecule has 1 N–H and O–H groups in total. The first-order chi connectivity index (χ1) is 10.1. The van der Waals surface area contributed by atoms with Gasteiger partial charge in [0.05, 0.1) is 17.2 Å². The number of aromatic nitrogens is 1. The largest absolute Gasteiger partial charge is 0.441 e. The molecule has 0 saturated heterocycles. The second-order valence-corrected chi connectivity index (χ2v) is 4.57. The molecular formula is C14H16FN3O3. The molecule has 0 aliphatic carbocycles. The highest BCUT2D eigenvalue weighted by Gasteiger charge is 2.14. The summed E-state index contributed by atoms with van der Waals surface area (Å²) in [4.78, 5) is 14.2. The zero-order chi connectivity index (χ0) is 15.2. The van der Waals surface area contributed by atoms with Gasteiger partial charge >= 0.3 is 0 Å². The Bertz CT molecular complexity index is 628. The molecule has 21 heavy (non-hydrogen) atoms. The predicted molar refractivity (Wildman–Crippen MR) is 75.4 cm³/mol. The van der Waals surface area contributed by atoms with Crippen LogP contribution in [0.5, 0.6) is 0 Å². The Labute approximate surface area is 121 Å². The lowest BCUT2D eigenvalue weighted by atomic mass is 10.1. The average Bonchev–Trinajstić information content (AvgIpc) is 2.92. The Morgan fingerprint density at radius 2 is 2.19 bits per heavy atom. The van der Waals surface area contributed by atoms with Gasteiger partial charge in [-0.2, -0.15) is 0 Å². The lowest BCUT2D eigenvalue weighted by Crippen LogP contribution is -2.17. The van der Waals surface area contributed by atoms with Gasteiger partial charge in [-0.3, -0.25) is 10.1 Å². The quantitative estimate of drug-likeness (QED) is 0.482. The first-order valence-corrected chi connectivity index (χ1v) is 6.71. The van der Waals surface area contributed by atoms with Crippen molar-refractivity contribution in [2.45, 2.75) is 19.8 Å². The van der Waals surface area contributed by atoms with Crippen molar-refractivity contribution in [3.63, 3.8) is 0 Å². The van der Waals surface area contributed by atoms with Crippen molar-refractivity contribution in [3.05, 3.63) is 46.2 Å². The Kier molecular flexibility index (Phi) is 4.99. The van der Waals surface area contributed by atoms with Crippen molar-refractivity contribution in [1.82, 2.24) is 10.3 Å². The van der Waals surface area contributed by atoms with Gasteiger partial charge in [0.25, 0.3) is 5.69 Å². The van der Waals surface area contributed by atoms with E-state index in [9.17, 15) is 14.5 Å². The van der Waals surface area contributed by atoms with Crippen LogP contribution >= 0.6 is 0 Å². The number of hydrogen-bond acceptors (Lipinski definition) is 5. The molecule has 0 saturated carbocycles. The van der Waals surface area contributed by atoms with Gasteiger partial charge in [0.2, 0.25) is 0 Å². The summed E-state index contributed by atoms with van der Waals surface area (Å²) in [7, 11) is 0. The standard InChI is InChI=1S/C14H16FN3O3/c1-2-4-16-5-3-14-17-9-13(21-14)10-6-11(15)8-12(7-10)18(19)20/h6-9,16H,2-5H2,1H3. The number of nitrogens with one attached hydrogen (secondary N) is 1. The van der Waals surface area contributed by atoms with Crippen molar-refractivity contribution in [2.75, 3.05) is 13.1 Å². The topological polar surface area (TPSA) is 81.2 Å². The number of nitro benzene ring substituents is 1. The van der Waals surface area contributed by atoms with Crippen LogP contribution in [0, 0.1) is 15.9 Å². The fourth-order valence-electron chi connectivity index (χ4n) is 1.88. The number of nitro groups is 1. The van der Waals surface area contributed by atoms with Crippen LogP contribution in [0.4, 0.5) is 10.1 Å². The summed E-state index contributed by atoms with van der Waals surface area (Å²) >= 11 is 0. The molecule has 0 unspecified atom stereocenters. The molecular weight excluding hydrogens is 277 g/mol. The van der Waals surface area contributed by atoms with E-state index in [1.165, 1.54) is 18.3 Å². The monoisotopic (exact) mass is 293 g/mol. The first-order valence-electron chi connectivity index (χ1n) is 6.71. The van der Waals surface area contributed by atoms with Gasteiger partial charge in [-0.15, -0.1) is 0 Å². The molecule has 2 rings (SSSR count). The van der Waals surface area contributed by atoms with Crippen LogP contribution in [0.25, 0.3) is 11.3 Å². The van der Waals surface area contributed by atoms with Gasteiger partial charge in [-0.25, -0.2) is 9.37 Å². The van der Waals surface area contributed by atoms with Crippen LogP contribution in [0.3, 0.4) is 0 Å². The highest BCUT2D eigenvalue weighted by molar-refractivity contribution is 5.60. The van der Waals surface area contributed by atoms with E-state index in [1.807, 2.05) is 0 Å². The maximum atomic E-state index is 13.4. The SMILES string of the molecule is CCCNCCc1ncc(-c2cc(F)cc([N+](=O)[O-])c2)o1. The van der Waals surface area contributed by atoms with Crippen molar-refractivity contribution >= 4 is 5.69 Å². The Morgan fingerprint density at radius 3 is 2.90 bits per heavy atom. The van der Waals surface area contributed by atoms with Gasteiger partial charge in [-0.05, 0) is 19.0 Å². The van der Waals surface area contributed by atoms with Crippen LogP contribution in [0.1, 0.15) is 19.2 Å². The van der Waals surface area contributed by atoms with Gasteiger partial charge in [0, 0.05) is 24.6 Å². The Hall–Kier alpha value is -2.28. The number of benzene rings is 1. The summed E-state index contributed by atoms with van der Waals surface area (Å²) in [6.45, 7) is 3.73. The average molecular weight is 293 g/mol. The highest BCUT2D eigenvalue weighted by Crippen LogP contribution is 2.26. The van der Waals surface area contributed by atoms with Crippen molar-refractivity contribution < 1.29 is 13.7 Å². The van der Waals surface area contributed by atoms with E-state index < -0.39 is 10.7 Å². The van der Waals surface area contributed by atoms with E-state index in [2.05, 4.69) is 17.2 Å². The third-order valence-corrected chi connectivity index (χ3v) is 2.87. The van der Waals surface area contributed by atoms with E-state index in [-0.39, 0.29) is 5.69 Å². The van der Waals surface area contributed by atoms with Gasteiger partial charge in [0.1, 0.15) is 5.82 Å². The predicted octanol–water partition coefficient (Wildman–Crippen LogP) is 2.93. The number of hydrogen-bond donors (Lipinski definition) is 1. The molecule has 1 aromatic heterocycles. The van der Waals surface area contributed by atoms with Crippen LogP contribution in [0.2, 0.25) is 0 Å². The van der Waals surface area contributed by atoms with Crippen LogP contribution in [-0.2, 0) is 6.42 Å². The lowest BCUT2D eigenvalue weighted by molar-refractivity contribution is -0.385. The fourth-order valence-corrected chi connectivity index (χ4v) is 1.88. The molecule has 0 atom stereocenters. The van der Waals surface area contributed by atoms with Gasteiger partial charge < -0.3 is 9.73 Å². The van der Waals surface area contributed by atoms with Crippen LogP contribution < -0.4 is 5.32 Å². The minimum Gasteiger partial charge on any atom is -0.441 e. The molecule has 0 radical (unpaired) electrons. The Balaban J connectivity index is 2.12. The van der Waals surface area contributed by atoms with Crippen molar-refractivity contribution in [2.24, 2.45) is 0 Å². The molecule has 1 heterocycles. The van der Waals surface area contributed by atoms with E-state index in [0.29, 0.717) is 23.6 Å². The minimum atomic E-state index is -0.679. The summed E-state index contributed by atoms with van der Waals surface area (Å²) in [6.07, 6.45) is 3.11. The molecule has 7 heteroatoms. The molecule has 0 aliphatic heterocycles. The summed E-state index contributed by atoms with van der Waals surface area (Å²) in [5, 5.41) is 13.9. The summed E-state index contributed by atoms with van der Waals surface area (Å²) < 4.78 is 18.9. The smallest absolute Gasteiger partial charge is 0.273 e. The summed E-state index contributed by atoms with van der Waals surface area (Å²) in [5.74, 6) is 0.158. The van der Waals surface area contributed by atoms with Crippen molar-refractivity contribution in [1.29, 1.82) is 0 Å². The second-order valence-electron chi connectivity index (χ2n) is 4.57. The van der Waals surface area contributed by atoms with Gasteiger partial charge in [-0.1, -0.05) is 6.92 Å². The third kappa shape index (κ3) is 4.09. The maximum Gasteiger partial charge on any atom is 0.273 e. The zero-order valence-corrected chi connectivity index (χ0v) is 11.6. The van der Waals surface area contributed by atoms with E-state index in [1.54, 1.807) is 0 Å². The number of oxazole rings is 1. The van der Waals surface area contributed by atoms with Crippen LogP contribution in [0.15, 0.2) is 28.8 Å². The van der Waals surface area contributed by atoms with Crippen molar-refractivity contribution in [3.8, 4) is 11.3 Å². The lowest BCUT2D eigenvalue weighted by Gasteiger charge is -2.00. The number of rotatable bonds is 7. The molecule has 6 nitrogen and oxygen atoms in total. The molecule has 112 valence electrons. The number of non-ortho nitro benzene ring substituents is 1. The zero-order valence-electron chi connectivity index (χ0n) is 11.6. The molecule has 0 fully saturated rings. The number of nitrogens with zero attached hydrogens (tertiary/aromatic N) is 2. The third-order valence-electron chi connectivity index (χ3n) is 2.87. The number of halogens is 1. The second kappa shape index (κ2) is 6.94. The highest BCUT2D eigenvalue weighted by atomic mass is 19.1. The Morgan fingerprint density at radius 1 is 1.38 bits per heavy atom. The van der Waals surface area contributed by atoms with E-state index in [4.69, 9.17) is 4.42 Å². The summed E-state index contributed by atoms with van der Waals surface area (Å²) in [6, 6.07) is 3.32. The molecule has 0 amide bonds. The first kappa shape index (κ1) is 15.1. The molecule has 0 bridgehead atoms. The van der Waals surface area contributed by atoms with E-state index in [0.717, 1.165) is 25.6 Å². The minimum absolute atomic E-state index is 0.307. The summed E-state index contributed by atoms with van der Waals surface area (Å²) in [5.41, 5.74) is -0.00506. The van der Waals surface area contributed by atoms with Gasteiger partial charge in [0.15, 0.2) is 11.7 Å². The molecule has 1 aromatic carbocycles. The van der Waals surface area contributed by atoms with E-state index >= 15 is 0 Å². The van der Waals surface area contributed by atoms with Crippen LogP contribution in [-0.4, -0.2) is 23.0 Å². The fraction of sp³-hybridized carbons (Fsp3) is 0.357. The normalized spacial score (nSPS) is 10.8. The maximum absolute atomic E-state index is 13.4. The molecule has 0 spiro atoms. The molecule has 2 aromatic rings.